The van der Waals surface area contributed by atoms with Crippen molar-refractivity contribution >= 4 is 22.4 Å². The fraction of sp³-hybridized carbons (Fsp3) is 0.714. The lowest BCUT2D eigenvalue weighted by molar-refractivity contribution is 0.0700. The molecule has 5 nitrogen and oxygen atoms in total. The lowest BCUT2D eigenvalue weighted by atomic mass is 10.0. The quantitative estimate of drug-likeness (QED) is 0.904. The summed E-state index contributed by atoms with van der Waals surface area (Å²) in [5.74, 6) is -0.847. The Labute approximate surface area is 124 Å². The van der Waals surface area contributed by atoms with Crippen molar-refractivity contribution in [3.05, 3.63) is 10.6 Å². The molecule has 1 aromatic rings. The number of hydrogen-bond donors (Lipinski definition) is 1. The van der Waals surface area contributed by atoms with Crippen LogP contribution in [0.5, 0.6) is 0 Å². The van der Waals surface area contributed by atoms with Crippen LogP contribution in [0.15, 0.2) is 0 Å². The molecule has 0 aromatic carbocycles. The minimum absolute atomic E-state index is 0.414. The van der Waals surface area contributed by atoms with Crippen molar-refractivity contribution in [1.82, 2.24) is 9.88 Å². The molecule has 0 bridgehead atoms. The molecule has 0 unspecified atom stereocenters. The van der Waals surface area contributed by atoms with Crippen LogP contribution in [0.3, 0.4) is 0 Å². The number of nitrogens with zero attached hydrogens (tertiary/aromatic N) is 3. The standard InChI is InChI=1S/C14H23N3O2S/c1-4-5-11-12(13(18)19)20-14(15-11)17-8-6-10(7-9-17)16(2)3/h10H,4-9H2,1-3H3,(H,18,19). The molecular formula is C14H23N3O2S. The van der Waals surface area contributed by atoms with Crippen molar-refractivity contribution in [3.8, 4) is 0 Å². The highest BCUT2D eigenvalue weighted by Crippen LogP contribution is 2.29. The molecule has 0 spiro atoms. The van der Waals surface area contributed by atoms with E-state index in [9.17, 15) is 9.90 Å². The van der Waals surface area contributed by atoms with Crippen LogP contribution in [-0.4, -0.2) is 54.2 Å². The van der Waals surface area contributed by atoms with Crippen LogP contribution in [0.25, 0.3) is 0 Å². The second-order valence-corrected chi connectivity index (χ2v) is 6.49. The number of aryl methyl sites for hydroxylation is 1. The summed E-state index contributed by atoms with van der Waals surface area (Å²) in [6, 6.07) is 0.625. The van der Waals surface area contributed by atoms with Gasteiger partial charge in [-0.2, -0.15) is 0 Å². The Morgan fingerprint density at radius 1 is 1.45 bits per heavy atom. The fourth-order valence-electron chi connectivity index (χ4n) is 2.62. The summed E-state index contributed by atoms with van der Waals surface area (Å²) in [5, 5.41) is 10.1. The van der Waals surface area contributed by atoms with Crippen molar-refractivity contribution in [1.29, 1.82) is 0 Å². The number of aromatic carboxylic acids is 1. The largest absolute Gasteiger partial charge is 0.477 e. The second kappa shape index (κ2) is 6.54. The second-order valence-electron chi connectivity index (χ2n) is 5.51. The molecule has 1 aromatic heterocycles. The van der Waals surface area contributed by atoms with Crippen LogP contribution in [0, 0.1) is 0 Å². The number of rotatable bonds is 5. The highest BCUT2D eigenvalue weighted by Gasteiger charge is 2.25. The molecule has 0 saturated carbocycles. The van der Waals surface area contributed by atoms with Crippen LogP contribution in [0.4, 0.5) is 5.13 Å². The summed E-state index contributed by atoms with van der Waals surface area (Å²) in [5.41, 5.74) is 0.745. The number of carboxylic acids is 1. The minimum atomic E-state index is -0.847. The highest BCUT2D eigenvalue weighted by atomic mass is 32.1. The molecule has 0 aliphatic carbocycles. The first-order valence-electron chi connectivity index (χ1n) is 7.17. The third kappa shape index (κ3) is 3.30. The Balaban J connectivity index is 2.10. The van der Waals surface area contributed by atoms with E-state index in [1.807, 2.05) is 6.92 Å². The predicted octanol–water partition coefficient (Wildman–Crippen LogP) is 2.32. The Hall–Kier alpha value is -1.14. The van der Waals surface area contributed by atoms with Gasteiger partial charge in [-0.1, -0.05) is 24.7 Å². The van der Waals surface area contributed by atoms with Gasteiger partial charge >= 0.3 is 5.97 Å². The van der Waals surface area contributed by atoms with Crippen molar-refractivity contribution in [3.63, 3.8) is 0 Å². The molecule has 0 radical (unpaired) electrons. The van der Waals surface area contributed by atoms with Crippen LogP contribution in [0.1, 0.15) is 41.6 Å². The number of hydrogen-bond acceptors (Lipinski definition) is 5. The highest BCUT2D eigenvalue weighted by molar-refractivity contribution is 7.17. The van der Waals surface area contributed by atoms with Crippen LogP contribution in [0.2, 0.25) is 0 Å². The predicted molar refractivity (Wildman–Crippen MR) is 82.0 cm³/mol. The number of thiazole rings is 1. The Kier molecular flexibility index (Phi) is 4.99. The third-order valence-electron chi connectivity index (χ3n) is 3.83. The summed E-state index contributed by atoms with van der Waals surface area (Å²) < 4.78 is 0. The van der Waals surface area contributed by atoms with Gasteiger partial charge in [0, 0.05) is 19.1 Å². The fourth-order valence-corrected chi connectivity index (χ4v) is 3.62. The summed E-state index contributed by atoms with van der Waals surface area (Å²) >= 11 is 1.33. The van der Waals surface area contributed by atoms with E-state index in [0.29, 0.717) is 10.9 Å². The number of aromatic nitrogens is 1. The van der Waals surface area contributed by atoms with E-state index in [0.717, 1.165) is 49.6 Å². The number of piperidine rings is 1. The van der Waals surface area contributed by atoms with E-state index in [1.54, 1.807) is 0 Å². The molecular weight excluding hydrogens is 274 g/mol. The summed E-state index contributed by atoms with van der Waals surface area (Å²) in [7, 11) is 4.23. The Morgan fingerprint density at radius 3 is 2.60 bits per heavy atom. The molecule has 20 heavy (non-hydrogen) atoms. The van der Waals surface area contributed by atoms with E-state index in [2.05, 4.69) is 28.9 Å². The minimum Gasteiger partial charge on any atom is -0.477 e. The summed E-state index contributed by atoms with van der Waals surface area (Å²) in [4.78, 5) is 20.8. The van der Waals surface area contributed by atoms with Crippen LogP contribution in [-0.2, 0) is 6.42 Å². The zero-order valence-electron chi connectivity index (χ0n) is 12.4. The van der Waals surface area contributed by atoms with Crippen LogP contribution >= 0.6 is 11.3 Å². The van der Waals surface area contributed by atoms with E-state index in [4.69, 9.17) is 0 Å². The Morgan fingerprint density at radius 2 is 2.10 bits per heavy atom. The third-order valence-corrected chi connectivity index (χ3v) is 4.98. The van der Waals surface area contributed by atoms with Gasteiger partial charge in [0.2, 0.25) is 0 Å². The average molecular weight is 297 g/mol. The van der Waals surface area contributed by atoms with Crippen molar-refractivity contribution < 1.29 is 9.90 Å². The number of carboxylic acid groups (broad SMARTS) is 1. The maximum Gasteiger partial charge on any atom is 0.347 e. The van der Waals surface area contributed by atoms with E-state index in [1.165, 1.54) is 11.3 Å². The van der Waals surface area contributed by atoms with Gasteiger partial charge in [-0.05, 0) is 33.4 Å². The zero-order valence-corrected chi connectivity index (χ0v) is 13.2. The van der Waals surface area contributed by atoms with Gasteiger partial charge in [0.15, 0.2) is 5.13 Å². The normalized spacial score (nSPS) is 16.9. The molecule has 6 heteroatoms. The summed E-state index contributed by atoms with van der Waals surface area (Å²) in [6.45, 7) is 3.97. The van der Waals surface area contributed by atoms with Gasteiger partial charge in [0.25, 0.3) is 0 Å². The molecule has 1 aliphatic heterocycles. The first-order valence-corrected chi connectivity index (χ1v) is 7.99. The van der Waals surface area contributed by atoms with Crippen molar-refractivity contribution in [2.24, 2.45) is 0 Å². The van der Waals surface area contributed by atoms with Gasteiger partial charge in [-0.3, -0.25) is 0 Å². The molecule has 112 valence electrons. The lowest BCUT2D eigenvalue weighted by Crippen LogP contribution is -2.41. The van der Waals surface area contributed by atoms with Crippen molar-refractivity contribution in [2.45, 2.75) is 38.6 Å². The van der Waals surface area contributed by atoms with Gasteiger partial charge in [0.1, 0.15) is 4.88 Å². The van der Waals surface area contributed by atoms with Gasteiger partial charge in [0.05, 0.1) is 5.69 Å². The number of carbonyl (C=O) groups is 1. The van der Waals surface area contributed by atoms with Gasteiger partial charge in [-0.15, -0.1) is 0 Å². The number of anilines is 1. The van der Waals surface area contributed by atoms with Crippen molar-refractivity contribution in [2.75, 3.05) is 32.1 Å². The maximum absolute atomic E-state index is 11.3. The SMILES string of the molecule is CCCc1nc(N2CCC(N(C)C)CC2)sc1C(=O)O. The molecule has 1 saturated heterocycles. The molecule has 1 fully saturated rings. The molecule has 2 heterocycles. The average Bonchev–Trinajstić information content (AvgIpc) is 2.83. The van der Waals surface area contributed by atoms with Gasteiger partial charge in [-0.25, -0.2) is 9.78 Å². The summed E-state index contributed by atoms with van der Waals surface area (Å²) in [6.07, 6.45) is 3.88. The van der Waals surface area contributed by atoms with E-state index in [-0.39, 0.29) is 0 Å². The smallest absolute Gasteiger partial charge is 0.347 e. The zero-order chi connectivity index (χ0) is 14.7. The molecule has 0 atom stereocenters. The molecule has 1 N–H and O–H groups in total. The molecule has 0 amide bonds. The first kappa shape index (κ1) is 15.3. The topological polar surface area (TPSA) is 56.7 Å². The Bertz CT molecular complexity index is 465. The molecule has 1 aliphatic rings. The molecule has 2 rings (SSSR count). The van der Waals surface area contributed by atoms with E-state index >= 15 is 0 Å². The lowest BCUT2D eigenvalue weighted by Gasteiger charge is -2.35. The maximum atomic E-state index is 11.3. The monoisotopic (exact) mass is 297 g/mol. The first-order chi connectivity index (χ1) is 9.52. The van der Waals surface area contributed by atoms with Gasteiger partial charge < -0.3 is 14.9 Å². The van der Waals surface area contributed by atoms with Crippen LogP contribution < -0.4 is 4.90 Å². The van der Waals surface area contributed by atoms with E-state index < -0.39 is 5.97 Å².